The Kier molecular flexibility index (Phi) is 16.6. The van der Waals surface area contributed by atoms with Crippen molar-refractivity contribution >= 4 is 43.6 Å². The molecule has 2 aliphatic heterocycles. The van der Waals surface area contributed by atoms with Crippen molar-refractivity contribution < 1.29 is 37.8 Å². The first-order valence-corrected chi connectivity index (χ1v) is 23.5. The second kappa shape index (κ2) is 20.5. The highest BCUT2D eigenvalue weighted by molar-refractivity contribution is 6.73. The lowest BCUT2D eigenvalue weighted by atomic mass is 9.86. The highest BCUT2D eigenvalue weighted by Gasteiger charge is 2.48. The number of carbonyl (C=O) groups is 4. The first-order valence-electron chi connectivity index (χ1n) is 20.6. The third-order valence-corrected chi connectivity index (χ3v) is 16.5. The standard InChI is InChI=1S/C44H65ClN4O8Si/c1-10-58(11-2,12-3)55-27-44(8)26-47-40(51)33(23-30-18-21-36(54-9)32(45)22-30)48-37(50)15-13-14-35(56-41(52)34(49-42(44)53)24-43(5,6)7)28(4)38-39(57-38)31-19-16-29(25-46)17-20-31/h13,15-22,28,33-35,38-39H,10-12,14,23-27,46H2,1-9H3,(H,47,51)(H,48,50)(H,49,53)/b15-13+/t28?,33-,34+,35+,38-,39-,44?/m1/s1. The summed E-state index contributed by atoms with van der Waals surface area (Å²) in [4.78, 5) is 56.5. The molecular formula is C44H65ClN4O8Si. The molecule has 12 nitrogen and oxygen atoms in total. The number of nitrogens with one attached hydrogen (secondary N) is 3. The molecule has 2 aromatic carbocycles. The molecular weight excluding hydrogens is 776 g/mol. The fourth-order valence-electron chi connectivity index (χ4n) is 7.37. The van der Waals surface area contributed by atoms with E-state index in [2.05, 4.69) is 36.7 Å². The van der Waals surface area contributed by atoms with Gasteiger partial charge in [0.1, 0.15) is 30.0 Å². The molecule has 1 saturated heterocycles. The SMILES string of the molecule is CC[Si](CC)(CC)OCC1(C)CNC(=O)[C@@H](Cc2ccc(OC)c(Cl)c2)NC(=O)/C=C/C[C@@H](C(C)[C@H]2O[C@@H]2c2ccc(CN)cc2)OC(=O)[C@H](CC(C)(C)C)NC1=O. The van der Waals surface area contributed by atoms with Crippen LogP contribution < -0.4 is 26.4 Å². The average molecular weight is 842 g/mol. The van der Waals surface area contributed by atoms with E-state index in [9.17, 15) is 19.2 Å². The predicted molar refractivity (Wildman–Crippen MR) is 229 cm³/mol. The van der Waals surface area contributed by atoms with Crippen LogP contribution in [-0.2, 0) is 46.0 Å². The third-order valence-electron chi connectivity index (χ3n) is 11.6. The van der Waals surface area contributed by atoms with Gasteiger partial charge in [-0.3, -0.25) is 14.4 Å². The molecule has 0 bridgehead atoms. The fourth-order valence-corrected chi connectivity index (χ4v) is 10.4. The Morgan fingerprint density at radius 1 is 0.983 bits per heavy atom. The van der Waals surface area contributed by atoms with Crippen LogP contribution >= 0.6 is 11.6 Å². The normalized spacial score (nSPS) is 26.2. The van der Waals surface area contributed by atoms with E-state index in [1.807, 2.05) is 52.0 Å². The minimum absolute atomic E-state index is 0.0261. The Morgan fingerprint density at radius 2 is 1.64 bits per heavy atom. The molecule has 2 aromatic rings. The molecule has 5 N–H and O–H groups in total. The summed E-state index contributed by atoms with van der Waals surface area (Å²) >= 11 is 6.44. The Morgan fingerprint density at radius 3 is 2.22 bits per heavy atom. The highest BCUT2D eigenvalue weighted by atomic mass is 35.5. The van der Waals surface area contributed by atoms with Gasteiger partial charge >= 0.3 is 5.97 Å². The number of amides is 3. The van der Waals surface area contributed by atoms with E-state index in [0.29, 0.717) is 29.3 Å². The van der Waals surface area contributed by atoms with Gasteiger partial charge in [0.2, 0.25) is 17.7 Å². The molecule has 3 amide bonds. The van der Waals surface area contributed by atoms with Crippen LogP contribution in [0, 0.1) is 16.7 Å². The van der Waals surface area contributed by atoms with Crippen molar-refractivity contribution in [3.63, 3.8) is 0 Å². The zero-order valence-corrected chi connectivity index (χ0v) is 37.5. The largest absolute Gasteiger partial charge is 0.495 e. The third kappa shape index (κ3) is 12.6. The lowest BCUT2D eigenvalue weighted by Crippen LogP contribution is -2.57. The van der Waals surface area contributed by atoms with Gasteiger partial charge in [0.05, 0.1) is 23.7 Å². The summed E-state index contributed by atoms with van der Waals surface area (Å²) in [6.07, 6.45) is 2.42. The topological polar surface area (TPSA) is 171 Å². The maximum Gasteiger partial charge on any atom is 0.328 e. The lowest BCUT2D eigenvalue weighted by Gasteiger charge is -2.37. The van der Waals surface area contributed by atoms with Crippen LogP contribution in [0.15, 0.2) is 54.6 Å². The van der Waals surface area contributed by atoms with E-state index in [1.165, 1.54) is 13.2 Å². The van der Waals surface area contributed by atoms with Crippen molar-refractivity contribution in [3.8, 4) is 5.75 Å². The number of ether oxygens (including phenoxy) is 3. The number of halogens is 1. The zero-order valence-electron chi connectivity index (χ0n) is 35.7. The molecule has 1 fully saturated rings. The Balaban J connectivity index is 1.72. The minimum atomic E-state index is -2.20. The molecule has 2 aliphatic rings. The molecule has 0 spiro atoms. The van der Waals surface area contributed by atoms with E-state index in [4.69, 9.17) is 36.0 Å². The van der Waals surface area contributed by atoms with Gasteiger partial charge in [-0.2, -0.15) is 0 Å². The summed E-state index contributed by atoms with van der Waals surface area (Å²) in [7, 11) is -0.682. The van der Waals surface area contributed by atoms with Gasteiger partial charge < -0.3 is 40.3 Å². The molecule has 320 valence electrons. The maximum absolute atomic E-state index is 14.6. The van der Waals surface area contributed by atoms with Crippen LogP contribution in [0.4, 0.5) is 0 Å². The average Bonchev–Trinajstić information content (AvgIpc) is 4.00. The summed E-state index contributed by atoms with van der Waals surface area (Å²) in [5.41, 5.74) is 6.84. The van der Waals surface area contributed by atoms with Crippen LogP contribution in [0.2, 0.25) is 23.2 Å². The number of rotatable bonds is 14. The van der Waals surface area contributed by atoms with Crippen molar-refractivity contribution in [1.29, 1.82) is 0 Å². The van der Waals surface area contributed by atoms with E-state index >= 15 is 0 Å². The number of nitrogens with two attached hydrogens (primary N) is 1. The minimum Gasteiger partial charge on any atom is -0.495 e. The number of hydrogen-bond donors (Lipinski definition) is 4. The lowest BCUT2D eigenvalue weighted by molar-refractivity contribution is -0.157. The van der Waals surface area contributed by atoms with Crippen LogP contribution in [0.1, 0.15) is 91.0 Å². The monoisotopic (exact) mass is 840 g/mol. The van der Waals surface area contributed by atoms with Crippen molar-refractivity contribution in [1.82, 2.24) is 16.0 Å². The van der Waals surface area contributed by atoms with Crippen LogP contribution in [0.5, 0.6) is 5.75 Å². The fraction of sp³-hybridized carbons (Fsp3) is 0.591. The molecule has 0 radical (unpaired) electrons. The Bertz CT molecular complexity index is 1760. The first kappa shape index (κ1) is 46.9. The molecule has 7 atom stereocenters. The number of cyclic esters (lactones) is 1. The van der Waals surface area contributed by atoms with Crippen molar-refractivity contribution in [2.45, 2.75) is 130 Å². The Hall–Kier alpha value is -3.75. The summed E-state index contributed by atoms with van der Waals surface area (Å²) in [6, 6.07) is 13.7. The maximum atomic E-state index is 14.6. The summed E-state index contributed by atoms with van der Waals surface area (Å²) in [5, 5.41) is 9.20. The number of epoxide rings is 1. The molecule has 14 heteroatoms. The molecule has 58 heavy (non-hydrogen) atoms. The van der Waals surface area contributed by atoms with Gasteiger partial charge in [0.15, 0.2) is 8.32 Å². The zero-order chi connectivity index (χ0) is 42.8. The quantitative estimate of drug-likeness (QED) is 0.0937. The van der Waals surface area contributed by atoms with Crippen molar-refractivity contribution in [2.75, 3.05) is 20.3 Å². The van der Waals surface area contributed by atoms with E-state index < -0.39 is 55.6 Å². The first-order chi connectivity index (χ1) is 27.4. The molecule has 0 aliphatic carbocycles. The molecule has 4 rings (SSSR count). The van der Waals surface area contributed by atoms with Crippen molar-refractivity contribution in [3.05, 3.63) is 76.3 Å². The number of esters is 1. The van der Waals surface area contributed by atoms with Gasteiger partial charge in [-0.1, -0.05) is 96.5 Å². The molecule has 0 aromatic heterocycles. The van der Waals surface area contributed by atoms with Crippen LogP contribution in [-0.4, -0.2) is 76.6 Å². The summed E-state index contributed by atoms with van der Waals surface area (Å²) < 4.78 is 24.5. The molecule has 2 heterocycles. The number of methoxy groups -OCH3 is 1. The van der Waals surface area contributed by atoms with Gasteiger partial charge in [-0.25, -0.2) is 4.79 Å². The molecule has 2 unspecified atom stereocenters. The van der Waals surface area contributed by atoms with E-state index in [-0.39, 0.29) is 49.5 Å². The van der Waals surface area contributed by atoms with E-state index in [0.717, 1.165) is 29.3 Å². The van der Waals surface area contributed by atoms with Crippen LogP contribution in [0.25, 0.3) is 0 Å². The second-order valence-corrected chi connectivity index (χ2v) is 22.5. The van der Waals surface area contributed by atoms with Gasteiger partial charge in [-0.15, -0.1) is 0 Å². The summed E-state index contributed by atoms with van der Waals surface area (Å²) in [6.45, 7) is 16.3. The van der Waals surface area contributed by atoms with Crippen LogP contribution in [0.3, 0.4) is 0 Å². The summed E-state index contributed by atoms with van der Waals surface area (Å²) in [5.74, 6) is -1.83. The van der Waals surface area contributed by atoms with E-state index in [1.54, 1.807) is 31.2 Å². The Labute approximate surface area is 350 Å². The highest BCUT2D eigenvalue weighted by Crippen LogP contribution is 2.45. The van der Waals surface area contributed by atoms with Gasteiger partial charge in [-0.05, 0) is 71.8 Å². The van der Waals surface area contributed by atoms with Gasteiger partial charge in [0.25, 0.3) is 0 Å². The number of benzene rings is 2. The van der Waals surface area contributed by atoms with Crippen molar-refractivity contribution in [2.24, 2.45) is 22.5 Å². The smallest absolute Gasteiger partial charge is 0.328 e. The molecule has 0 saturated carbocycles. The van der Waals surface area contributed by atoms with Gasteiger partial charge in [0, 0.05) is 38.5 Å². The number of carbonyl (C=O) groups excluding carboxylic acids is 4. The second-order valence-electron chi connectivity index (χ2n) is 17.3. The predicted octanol–water partition coefficient (Wildman–Crippen LogP) is 6.55. The number of hydrogen-bond acceptors (Lipinski definition) is 9.